The second-order valence-electron chi connectivity index (χ2n) is 19.8. The number of pyridine rings is 2. The van der Waals surface area contributed by atoms with Crippen molar-refractivity contribution < 1.29 is 32.6 Å². The van der Waals surface area contributed by atoms with Gasteiger partial charge in [0.25, 0.3) is 5.56 Å². The number of hydrogen-bond acceptors (Lipinski definition) is 11. The maximum atomic E-state index is 14.9. The van der Waals surface area contributed by atoms with Gasteiger partial charge in [0.05, 0.1) is 30.2 Å². The number of aromatic nitrogens is 2. The van der Waals surface area contributed by atoms with E-state index in [9.17, 15) is 23.2 Å². The Morgan fingerprint density at radius 3 is 2.22 bits per heavy atom. The molecule has 2 aliphatic heterocycles. The number of nitrogens with two attached hydrogens (primary N) is 1. The zero-order valence-corrected chi connectivity index (χ0v) is 48.6. The number of benzene rings is 1. The van der Waals surface area contributed by atoms with E-state index in [0.717, 1.165) is 85.2 Å². The number of nitrogens with zero attached hydrogens (tertiary/aromatic N) is 7. The van der Waals surface area contributed by atoms with Crippen molar-refractivity contribution in [3.63, 3.8) is 0 Å². The molecular weight excluding hydrogens is 965 g/mol. The monoisotopic (exact) mass is 1060 g/mol. The molecule has 76 heavy (non-hydrogen) atoms. The van der Waals surface area contributed by atoms with Crippen LogP contribution in [0, 0.1) is 31.4 Å². The summed E-state index contributed by atoms with van der Waals surface area (Å²) < 4.78 is 33.2. The van der Waals surface area contributed by atoms with Gasteiger partial charge in [-0.3, -0.25) is 28.8 Å². The topological polar surface area (TPSA) is 149 Å². The lowest BCUT2D eigenvalue weighted by atomic mass is 9.92. The molecule has 2 aromatic heterocycles. The predicted molar refractivity (Wildman–Crippen MR) is 309 cm³/mol. The lowest BCUT2D eigenvalue weighted by molar-refractivity contribution is -0.513. The highest BCUT2D eigenvalue weighted by molar-refractivity contribution is 6.00. The molecular formula is C60H92F2N9O5+. The van der Waals surface area contributed by atoms with Crippen molar-refractivity contribution >= 4 is 42.0 Å². The molecule has 1 amide bonds. The first kappa shape index (κ1) is 66.2. The number of carbonyl (C=O) groups is 3. The first-order valence-corrected chi connectivity index (χ1v) is 27.0. The zero-order valence-electron chi connectivity index (χ0n) is 48.6. The molecule has 3 unspecified atom stereocenters. The maximum Gasteiger partial charge on any atom is 0.257 e. The third-order valence-electron chi connectivity index (χ3n) is 14.2. The molecule has 0 saturated carbocycles. The normalized spacial score (nSPS) is 16.1. The first-order chi connectivity index (χ1) is 36.3. The minimum atomic E-state index is -0.523. The Labute approximate surface area is 454 Å². The van der Waals surface area contributed by atoms with Gasteiger partial charge >= 0.3 is 0 Å². The molecule has 3 atom stereocenters. The molecule has 16 heteroatoms. The van der Waals surface area contributed by atoms with E-state index in [1.165, 1.54) is 67.7 Å². The van der Waals surface area contributed by atoms with Crippen LogP contribution < -0.4 is 16.8 Å². The third kappa shape index (κ3) is 19.6. The van der Waals surface area contributed by atoms with E-state index in [2.05, 4.69) is 96.5 Å². The molecule has 0 bridgehead atoms. The number of anilines is 1. The van der Waals surface area contributed by atoms with Crippen LogP contribution >= 0.6 is 0 Å². The molecule has 420 valence electrons. The Kier molecular flexibility index (Phi) is 29.6. The highest BCUT2D eigenvalue weighted by Crippen LogP contribution is 2.31. The van der Waals surface area contributed by atoms with Crippen LogP contribution in [0.15, 0.2) is 77.2 Å². The molecule has 0 radical (unpaired) electrons. The van der Waals surface area contributed by atoms with Crippen LogP contribution in [0.5, 0.6) is 0 Å². The SMILES string of the molecule is C=O.CC.CCCC(CCC)CN1CC/[N+](=C(\C=C/N(C=O)C(C)CCC(C)ON)/C=C(\C)N(C)C)C1.CNc1cc(=O)n(-c2ccnc(C)c2/C=C(\C)C(C)N2CC=C(c3c(C)cc(C(C)=O)cc3F)CC2)cc1F. The molecule has 0 aliphatic carbocycles. The van der Waals surface area contributed by atoms with Crippen LogP contribution in [-0.4, -0.2) is 137 Å². The zero-order chi connectivity index (χ0) is 57.2. The average molecular weight is 1060 g/mol. The van der Waals surface area contributed by atoms with E-state index < -0.39 is 5.82 Å². The fraction of sp³-hybridized carbons (Fsp3) is 0.533. The van der Waals surface area contributed by atoms with Crippen LogP contribution in [0.1, 0.15) is 147 Å². The summed E-state index contributed by atoms with van der Waals surface area (Å²) in [5.74, 6) is 5.00. The van der Waals surface area contributed by atoms with E-state index in [4.69, 9.17) is 15.5 Å². The number of aryl methyl sites for hydroxylation is 2. The van der Waals surface area contributed by atoms with Crippen molar-refractivity contribution in [2.75, 3.05) is 65.9 Å². The summed E-state index contributed by atoms with van der Waals surface area (Å²) in [6.07, 6.45) is 21.4. The number of ketones is 1. The van der Waals surface area contributed by atoms with Crippen molar-refractivity contribution in [2.45, 2.75) is 146 Å². The summed E-state index contributed by atoms with van der Waals surface area (Å²) in [5.41, 5.74) is 7.88. The van der Waals surface area contributed by atoms with Gasteiger partial charge in [0, 0.05) is 112 Å². The summed E-state index contributed by atoms with van der Waals surface area (Å²) in [4.78, 5) is 62.3. The summed E-state index contributed by atoms with van der Waals surface area (Å²) in [6, 6.07) is 6.16. The van der Waals surface area contributed by atoms with E-state index in [1.54, 1.807) is 30.3 Å². The molecule has 1 saturated heterocycles. The summed E-state index contributed by atoms with van der Waals surface area (Å²) in [7, 11) is 5.69. The number of rotatable bonds is 23. The number of Topliss-reactive ketones (excluding diaryl/α,β-unsaturated/α-hetero) is 1. The van der Waals surface area contributed by atoms with Gasteiger partial charge in [0.15, 0.2) is 24.8 Å². The Morgan fingerprint density at radius 1 is 1.00 bits per heavy atom. The Balaban J connectivity index is 0.000000495. The number of hydrogen-bond donors (Lipinski definition) is 2. The molecule has 5 rings (SSSR count). The van der Waals surface area contributed by atoms with E-state index >= 15 is 0 Å². The quantitative estimate of drug-likeness (QED) is 0.0404. The molecule has 1 aromatic carbocycles. The average Bonchev–Trinajstić information content (AvgIpc) is 3.88. The largest absolute Gasteiger partial charge is 0.386 e. The van der Waals surface area contributed by atoms with Gasteiger partial charge in [-0.15, -0.1) is 0 Å². The van der Waals surface area contributed by atoms with Crippen molar-refractivity contribution in [1.82, 2.24) is 29.2 Å². The number of allylic oxidation sites excluding steroid dienone is 3. The molecule has 1 fully saturated rings. The van der Waals surface area contributed by atoms with Crippen molar-refractivity contribution in [3.05, 3.63) is 122 Å². The van der Waals surface area contributed by atoms with Crippen LogP contribution in [0.3, 0.4) is 0 Å². The number of halogens is 2. The van der Waals surface area contributed by atoms with Gasteiger partial charge in [-0.25, -0.2) is 24.2 Å². The summed E-state index contributed by atoms with van der Waals surface area (Å²) in [5, 5.41) is 2.69. The maximum absolute atomic E-state index is 14.9. The number of nitrogens with one attached hydrogen (secondary N) is 1. The van der Waals surface area contributed by atoms with Crippen LogP contribution in [0.25, 0.3) is 17.3 Å². The van der Waals surface area contributed by atoms with E-state index in [-0.39, 0.29) is 41.0 Å². The molecule has 3 N–H and O–H groups in total. The molecule has 0 spiro atoms. The van der Waals surface area contributed by atoms with Gasteiger partial charge < -0.3 is 24.7 Å². The standard InChI is InChI=1S/C31H34F2N4O2.C26H50N5O2.C2H6.CH2O/c1-18(14-25-20(3)35-10-7-29(25)37-17-27(33)28(34-6)16-30(37)39)21(4)36-11-8-23(9-12-36)31-19(2)13-24(22(5)38)15-26(31)32;1-8-10-25(11-9-2)19-29-16-17-30(20-29)26(18-23(4)28(6)7)14-15-31(21-32)22(3)12-13-24(5)33-27;2*1-2/h7-8,10,13-17,21,34H,9,11-12H2,1-6H3;14-15,18,21-22,24-25H,8-13,16-17,19-20,27H2,1-7H3;1-2H3;1H2/q;+1;;/b18-14+;;;. The second-order valence-corrected chi connectivity index (χ2v) is 19.8. The fourth-order valence-corrected chi connectivity index (χ4v) is 9.34. The lowest BCUT2D eigenvalue weighted by Gasteiger charge is -2.33. The molecule has 4 heterocycles. The highest BCUT2D eigenvalue weighted by Gasteiger charge is 2.28. The minimum Gasteiger partial charge on any atom is -0.386 e. The lowest BCUT2D eigenvalue weighted by Crippen LogP contribution is -2.37. The number of amides is 1. The van der Waals surface area contributed by atoms with Crippen molar-refractivity contribution in [2.24, 2.45) is 11.8 Å². The smallest absolute Gasteiger partial charge is 0.257 e. The van der Waals surface area contributed by atoms with Gasteiger partial charge in [0.2, 0.25) is 12.1 Å². The van der Waals surface area contributed by atoms with Crippen LogP contribution in [-0.2, 0) is 14.4 Å². The Bertz CT molecular complexity index is 2520. The van der Waals surface area contributed by atoms with Gasteiger partial charge in [0.1, 0.15) is 12.6 Å². The van der Waals surface area contributed by atoms with Gasteiger partial charge in [-0.2, -0.15) is 0 Å². The first-order valence-electron chi connectivity index (χ1n) is 27.0. The molecule has 2 aliphatic rings. The van der Waals surface area contributed by atoms with Crippen LogP contribution in [0.4, 0.5) is 14.5 Å². The summed E-state index contributed by atoms with van der Waals surface area (Å²) >= 11 is 0. The molecule has 3 aromatic rings. The summed E-state index contributed by atoms with van der Waals surface area (Å²) in [6.45, 7) is 31.5. The van der Waals surface area contributed by atoms with Gasteiger partial charge in [-0.1, -0.05) is 58.3 Å². The predicted octanol–water partition coefficient (Wildman–Crippen LogP) is 10.6. The Morgan fingerprint density at radius 2 is 1.67 bits per heavy atom. The van der Waals surface area contributed by atoms with Crippen LogP contribution in [0.2, 0.25) is 0 Å². The van der Waals surface area contributed by atoms with Crippen molar-refractivity contribution in [1.29, 1.82) is 0 Å². The van der Waals surface area contributed by atoms with E-state index in [0.29, 0.717) is 29.8 Å². The second kappa shape index (κ2) is 34.0. The van der Waals surface area contributed by atoms with E-state index in [1.807, 2.05) is 60.6 Å². The fourth-order valence-electron chi connectivity index (χ4n) is 9.34. The van der Waals surface area contributed by atoms with Gasteiger partial charge in [-0.05, 0) is 123 Å². The van der Waals surface area contributed by atoms with Crippen molar-refractivity contribution in [3.8, 4) is 5.69 Å². The highest BCUT2D eigenvalue weighted by atomic mass is 19.1. The third-order valence-corrected chi connectivity index (χ3v) is 14.2. The number of carbonyl (C=O) groups excluding carboxylic acids is 3. The molecule has 14 nitrogen and oxygen atoms in total. The minimum absolute atomic E-state index is 0.0162. The Hall–Kier alpha value is -5.94.